The Bertz CT molecular complexity index is 514. The van der Waals surface area contributed by atoms with Gasteiger partial charge < -0.3 is 16.0 Å². The second-order valence-corrected chi connectivity index (χ2v) is 3.72. The second kappa shape index (κ2) is 4.69. The molecule has 0 aliphatic rings. The van der Waals surface area contributed by atoms with Crippen molar-refractivity contribution in [3.8, 4) is 0 Å². The Morgan fingerprint density at radius 3 is 3.12 bits per heavy atom. The van der Waals surface area contributed by atoms with E-state index in [1.54, 1.807) is 18.7 Å². The monoisotopic (exact) mass is 234 g/mol. The van der Waals surface area contributed by atoms with Crippen LogP contribution in [0.3, 0.4) is 0 Å². The van der Waals surface area contributed by atoms with Crippen molar-refractivity contribution >= 4 is 11.6 Å². The molecule has 17 heavy (non-hydrogen) atoms. The highest BCUT2D eigenvalue weighted by atomic mass is 16.1. The van der Waals surface area contributed by atoms with Gasteiger partial charge in [0, 0.05) is 11.9 Å². The number of nitrogens with zero attached hydrogens (tertiary/aromatic N) is 3. The van der Waals surface area contributed by atoms with Crippen LogP contribution in [-0.4, -0.2) is 25.7 Å². The molecule has 0 saturated heterocycles. The van der Waals surface area contributed by atoms with E-state index in [2.05, 4.69) is 20.4 Å². The maximum atomic E-state index is 10.7. The van der Waals surface area contributed by atoms with E-state index < -0.39 is 5.91 Å². The topological polar surface area (TPSA) is 102 Å². The van der Waals surface area contributed by atoms with Crippen molar-refractivity contribution < 1.29 is 4.79 Å². The van der Waals surface area contributed by atoms with Gasteiger partial charge >= 0.3 is 0 Å². The van der Waals surface area contributed by atoms with Gasteiger partial charge in [-0.2, -0.15) is 5.10 Å². The molecule has 0 saturated carbocycles. The Morgan fingerprint density at radius 1 is 1.65 bits per heavy atom. The predicted molar refractivity (Wildman–Crippen MR) is 62.1 cm³/mol. The molecule has 0 aliphatic carbocycles. The second-order valence-electron chi connectivity index (χ2n) is 3.72. The van der Waals surface area contributed by atoms with Gasteiger partial charge in [0.2, 0.25) is 5.91 Å². The van der Waals surface area contributed by atoms with Gasteiger partial charge in [-0.05, 0) is 6.92 Å². The lowest BCUT2D eigenvalue weighted by atomic mass is 10.3. The van der Waals surface area contributed by atoms with Crippen LogP contribution in [0.25, 0.3) is 0 Å². The number of carbonyl (C=O) groups excluding carboxylic acids is 1. The van der Waals surface area contributed by atoms with Gasteiger partial charge in [-0.1, -0.05) is 0 Å². The first-order chi connectivity index (χ1) is 8.15. The Morgan fingerprint density at radius 2 is 2.47 bits per heavy atom. The number of carbonyl (C=O) groups is 1. The zero-order chi connectivity index (χ0) is 12.3. The van der Waals surface area contributed by atoms with Crippen LogP contribution >= 0.6 is 0 Å². The molecule has 2 rings (SSSR count). The molecular weight excluding hydrogens is 220 g/mol. The molecule has 0 bridgehead atoms. The number of amides is 1. The van der Waals surface area contributed by atoms with Crippen molar-refractivity contribution in [3.05, 3.63) is 30.1 Å². The average Bonchev–Trinajstić information content (AvgIpc) is 2.84. The molecule has 0 spiro atoms. The first-order valence-electron chi connectivity index (χ1n) is 5.18. The fourth-order valence-electron chi connectivity index (χ4n) is 1.45. The number of nitrogens with one attached hydrogen (secondary N) is 2. The standard InChI is InChI=1S/C10H14N6O/c1-7-9(14-6-13-7)3-12-8-2-15-16(4-8)5-10(11)17/h2,4,6,12H,3,5H2,1H3,(H2,11,17)(H,13,14). The number of aryl methyl sites for hydroxylation is 1. The average molecular weight is 234 g/mol. The van der Waals surface area contributed by atoms with Crippen molar-refractivity contribution in [1.29, 1.82) is 0 Å². The first-order valence-corrected chi connectivity index (χ1v) is 5.18. The lowest BCUT2D eigenvalue weighted by Gasteiger charge is -2.01. The fraction of sp³-hybridized carbons (Fsp3) is 0.300. The summed E-state index contributed by atoms with van der Waals surface area (Å²) in [5, 5.41) is 7.17. The largest absolute Gasteiger partial charge is 0.377 e. The van der Waals surface area contributed by atoms with Gasteiger partial charge in [-0.25, -0.2) is 4.98 Å². The van der Waals surface area contributed by atoms with E-state index in [1.807, 2.05) is 6.92 Å². The molecule has 0 unspecified atom stereocenters. The number of primary amides is 1. The van der Waals surface area contributed by atoms with E-state index >= 15 is 0 Å². The zero-order valence-corrected chi connectivity index (χ0v) is 9.47. The van der Waals surface area contributed by atoms with Crippen LogP contribution in [0.1, 0.15) is 11.4 Å². The minimum atomic E-state index is -0.414. The van der Waals surface area contributed by atoms with Crippen LogP contribution in [0.2, 0.25) is 0 Å². The number of H-pyrrole nitrogens is 1. The Kier molecular flexibility index (Phi) is 3.08. The number of anilines is 1. The Balaban J connectivity index is 1.93. The molecule has 4 N–H and O–H groups in total. The number of hydrogen-bond acceptors (Lipinski definition) is 4. The first kappa shape index (κ1) is 11.2. The minimum absolute atomic E-state index is 0.0864. The van der Waals surface area contributed by atoms with Gasteiger partial charge in [0.25, 0.3) is 0 Å². The summed E-state index contributed by atoms with van der Waals surface area (Å²) < 4.78 is 1.49. The molecule has 2 heterocycles. The van der Waals surface area contributed by atoms with Gasteiger partial charge in [-0.3, -0.25) is 9.48 Å². The molecular formula is C10H14N6O. The van der Waals surface area contributed by atoms with E-state index in [1.165, 1.54) is 4.68 Å². The molecule has 7 nitrogen and oxygen atoms in total. The highest BCUT2D eigenvalue weighted by molar-refractivity contribution is 5.73. The highest BCUT2D eigenvalue weighted by Crippen LogP contribution is 2.08. The molecule has 0 aromatic carbocycles. The molecule has 0 radical (unpaired) electrons. The Hall–Kier alpha value is -2.31. The maximum Gasteiger partial charge on any atom is 0.239 e. The van der Waals surface area contributed by atoms with Crippen LogP contribution in [-0.2, 0) is 17.9 Å². The number of nitrogens with two attached hydrogens (primary N) is 1. The van der Waals surface area contributed by atoms with E-state index in [-0.39, 0.29) is 6.54 Å². The molecule has 7 heteroatoms. The van der Waals surface area contributed by atoms with Gasteiger partial charge in [0.1, 0.15) is 6.54 Å². The third-order valence-corrected chi connectivity index (χ3v) is 2.35. The van der Waals surface area contributed by atoms with E-state index in [9.17, 15) is 4.79 Å². The van der Waals surface area contributed by atoms with Crippen LogP contribution in [0.4, 0.5) is 5.69 Å². The summed E-state index contributed by atoms with van der Waals surface area (Å²) in [4.78, 5) is 17.9. The summed E-state index contributed by atoms with van der Waals surface area (Å²) in [7, 11) is 0. The van der Waals surface area contributed by atoms with Gasteiger partial charge in [-0.15, -0.1) is 0 Å². The van der Waals surface area contributed by atoms with Crippen molar-refractivity contribution in [2.45, 2.75) is 20.0 Å². The van der Waals surface area contributed by atoms with E-state index in [0.717, 1.165) is 17.1 Å². The Labute approximate surface area is 98.0 Å². The number of hydrogen-bond donors (Lipinski definition) is 3. The van der Waals surface area contributed by atoms with E-state index in [4.69, 9.17) is 5.73 Å². The number of aromatic nitrogens is 4. The third-order valence-electron chi connectivity index (χ3n) is 2.35. The molecule has 1 amide bonds. The molecule has 0 atom stereocenters. The minimum Gasteiger partial charge on any atom is -0.377 e. The maximum absolute atomic E-state index is 10.7. The van der Waals surface area contributed by atoms with Crippen molar-refractivity contribution in [1.82, 2.24) is 19.7 Å². The van der Waals surface area contributed by atoms with Crippen LogP contribution in [0.5, 0.6) is 0 Å². The lowest BCUT2D eigenvalue weighted by Crippen LogP contribution is -2.18. The van der Waals surface area contributed by atoms with Crippen molar-refractivity contribution in [2.75, 3.05) is 5.32 Å². The lowest BCUT2D eigenvalue weighted by molar-refractivity contribution is -0.118. The molecule has 0 fully saturated rings. The quantitative estimate of drug-likeness (QED) is 0.678. The summed E-state index contributed by atoms with van der Waals surface area (Å²) in [6, 6.07) is 0. The van der Waals surface area contributed by atoms with Crippen LogP contribution in [0, 0.1) is 6.92 Å². The number of aromatic amines is 1. The smallest absolute Gasteiger partial charge is 0.239 e. The molecule has 2 aromatic rings. The third kappa shape index (κ3) is 2.83. The molecule has 90 valence electrons. The summed E-state index contributed by atoms with van der Waals surface area (Å²) in [5.41, 5.74) is 7.88. The van der Waals surface area contributed by atoms with Crippen molar-refractivity contribution in [3.63, 3.8) is 0 Å². The normalized spacial score (nSPS) is 10.4. The van der Waals surface area contributed by atoms with Crippen LogP contribution in [0.15, 0.2) is 18.7 Å². The predicted octanol–water partition coefficient (Wildman–Crippen LogP) is 0.0120. The summed E-state index contributed by atoms with van der Waals surface area (Å²) in [5.74, 6) is -0.414. The molecule has 0 aliphatic heterocycles. The summed E-state index contributed by atoms with van der Waals surface area (Å²) in [6.45, 7) is 2.65. The number of rotatable bonds is 5. The van der Waals surface area contributed by atoms with Gasteiger partial charge in [0.05, 0.1) is 30.5 Å². The summed E-state index contributed by atoms with van der Waals surface area (Å²) in [6.07, 6.45) is 5.03. The van der Waals surface area contributed by atoms with Crippen molar-refractivity contribution in [2.24, 2.45) is 5.73 Å². The SMILES string of the molecule is Cc1[nH]cnc1CNc1cnn(CC(N)=O)c1. The molecule has 2 aromatic heterocycles. The van der Waals surface area contributed by atoms with Crippen LogP contribution < -0.4 is 11.1 Å². The number of imidazole rings is 1. The zero-order valence-electron chi connectivity index (χ0n) is 9.47. The van der Waals surface area contributed by atoms with E-state index in [0.29, 0.717) is 6.54 Å². The fourth-order valence-corrected chi connectivity index (χ4v) is 1.45. The van der Waals surface area contributed by atoms with Gasteiger partial charge in [0.15, 0.2) is 0 Å². The highest BCUT2D eigenvalue weighted by Gasteiger charge is 2.03. The summed E-state index contributed by atoms with van der Waals surface area (Å²) >= 11 is 0.